The van der Waals surface area contributed by atoms with Crippen molar-refractivity contribution in [2.24, 2.45) is 0 Å². The van der Waals surface area contributed by atoms with Crippen molar-refractivity contribution in [2.45, 2.75) is 20.3 Å². The minimum Gasteiger partial charge on any atom is -0.496 e. The van der Waals surface area contributed by atoms with Gasteiger partial charge in [-0.3, -0.25) is 4.79 Å². The van der Waals surface area contributed by atoms with E-state index < -0.39 is 0 Å². The molecule has 0 spiro atoms. The van der Waals surface area contributed by atoms with Crippen molar-refractivity contribution >= 4 is 23.2 Å². The van der Waals surface area contributed by atoms with Crippen molar-refractivity contribution in [1.82, 2.24) is 0 Å². The Morgan fingerprint density at radius 2 is 1.95 bits per heavy atom. The normalized spacial score (nSPS) is 10.3. The number of aryl methyl sites for hydroxylation is 2. The number of methoxy groups -OCH3 is 1. The van der Waals surface area contributed by atoms with Crippen molar-refractivity contribution in [3.8, 4) is 5.75 Å². The summed E-state index contributed by atoms with van der Waals surface area (Å²) in [5.74, 6) is 0.567. The molecule has 1 amide bonds. The molecule has 0 bridgehead atoms. The summed E-state index contributed by atoms with van der Waals surface area (Å²) in [5.41, 5.74) is 3.81. The Balaban J connectivity index is 2.13. The number of benzene rings is 2. The predicted molar refractivity (Wildman–Crippen MR) is 86.3 cm³/mol. The van der Waals surface area contributed by atoms with E-state index in [0.717, 1.165) is 16.8 Å². The highest BCUT2D eigenvalue weighted by atomic mass is 35.5. The smallest absolute Gasteiger partial charge is 0.228 e. The van der Waals surface area contributed by atoms with Crippen LogP contribution in [0, 0.1) is 13.8 Å². The van der Waals surface area contributed by atoms with Crippen LogP contribution in [0.5, 0.6) is 5.75 Å². The summed E-state index contributed by atoms with van der Waals surface area (Å²) in [5, 5.41) is 3.51. The molecule has 110 valence electrons. The summed E-state index contributed by atoms with van der Waals surface area (Å²) in [4.78, 5) is 12.2. The van der Waals surface area contributed by atoms with Crippen molar-refractivity contribution in [1.29, 1.82) is 0 Å². The van der Waals surface area contributed by atoms with Crippen LogP contribution in [-0.2, 0) is 11.2 Å². The molecule has 0 aromatic heterocycles. The quantitative estimate of drug-likeness (QED) is 0.921. The first-order valence-corrected chi connectivity index (χ1v) is 7.07. The van der Waals surface area contributed by atoms with Crippen molar-refractivity contribution in [2.75, 3.05) is 12.4 Å². The van der Waals surface area contributed by atoms with Crippen LogP contribution in [0.4, 0.5) is 5.69 Å². The maximum absolute atomic E-state index is 12.2. The number of rotatable bonds is 4. The van der Waals surface area contributed by atoms with E-state index in [1.54, 1.807) is 25.3 Å². The molecule has 0 unspecified atom stereocenters. The Labute approximate surface area is 129 Å². The topological polar surface area (TPSA) is 38.3 Å². The molecule has 4 heteroatoms. The molecular weight excluding hydrogens is 286 g/mol. The fourth-order valence-corrected chi connectivity index (χ4v) is 2.40. The Kier molecular flexibility index (Phi) is 4.86. The summed E-state index contributed by atoms with van der Waals surface area (Å²) in [6, 6.07) is 11.2. The van der Waals surface area contributed by atoms with Gasteiger partial charge >= 0.3 is 0 Å². The summed E-state index contributed by atoms with van der Waals surface area (Å²) in [6.45, 7) is 4.00. The van der Waals surface area contributed by atoms with Gasteiger partial charge in [0, 0.05) is 16.3 Å². The number of anilines is 1. The van der Waals surface area contributed by atoms with E-state index in [-0.39, 0.29) is 12.3 Å². The van der Waals surface area contributed by atoms with Crippen LogP contribution in [0.2, 0.25) is 5.02 Å². The Bertz CT molecular complexity index is 668. The van der Waals surface area contributed by atoms with Gasteiger partial charge in [0.15, 0.2) is 0 Å². The Hall–Kier alpha value is -2.00. The molecule has 2 rings (SSSR count). The zero-order valence-electron chi connectivity index (χ0n) is 12.4. The van der Waals surface area contributed by atoms with Gasteiger partial charge in [-0.25, -0.2) is 0 Å². The highest BCUT2D eigenvalue weighted by molar-refractivity contribution is 6.30. The average Bonchev–Trinajstić information content (AvgIpc) is 2.42. The summed E-state index contributed by atoms with van der Waals surface area (Å²) in [6.07, 6.45) is 0.219. The molecule has 0 radical (unpaired) electrons. The number of hydrogen-bond acceptors (Lipinski definition) is 2. The molecule has 0 heterocycles. The first-order valence-electron chi connectivity index (χ1n) is 6.69. The van der Waals surface area contributed by atoms with Gasteiger partial charge in [-0.1, -0.05) is 29.3 Å². The van der Waals surface area contributed by atoms with Crippen molar-refractivity contribution in [3.63, 3.8) is 0 Å². The van der Waals surface area contributed by atoms with Gasteiger partial charge in [0.2, 0.25) is 5.91 Å². The average molecular weight is 304 g/mol. The van der Waals surface area contributed by atoms with Gasteiger partial charge < -0.3 is 10.1 Å². The van der Waals surface area contributed by atoms with Gasteiger partial charge in [0.05, 0.1) is 13.5 Å². The van der Waals surface area contributed by atoms with E-state index in [1.807, 2.05) is 32.0 Å². The number of carbonyl (C=O) groups is 1. The largest absolute Gasteiger partial charge is 0.496 e. The highest BCUT2D eigenvalue weighted by Crippen LogP contribution is 2.24. The Morgan fingerprint density at radius 3 is 2.62 bits per heavy atom. The molecule has 0 saturated carbocycles. The molecular formula is C17H18ClNO2. The van der Waals surface area contributed by atoms with Gasteiger partial charge in [-0.15, -0.1) is 0 Å². The van der Waals surface area contributed by atoms with Gasteiger partial charge in [-0.05, 0) is 43.7 Å². The van der Waals surface area contributed by atoms with Crippen LogP contribution in [0.1, 0.15) is 16.7 Å². The third kappa shape index (κ3) is 3.99. The highest BCUT2D eigenvalue weighted by Gasteiger charge is 2.10. The number of hydrogen-bond donors (Lipinski definition) is 1. The number of ether oxygens (including phenoxy) is 1. The van der Waals surface area contributed by atoms with Crippen molar-refractivity contribution < 1.29 is 9.53 Å². The molecule has 0 atom stereocenters. The second-order valence-electron chi connectivity index (χ2n) is 5.00. The van der Waals surface area contributed by atoms with Crippen molar-refractivity contribution in [3.05, 3.63) is 58.1 Å². The van der Waals surface area contributed by atoms with E-state index in [0.29, 0.717) is 10.8 Å². The maximum atomic E-state index is 12.2. The SMILES string of the molecule is COc1ccc(Cl)cc1CC(=O)Nc1ccc(C)cc1C. The van der Waals surface area contributed by atoms with Crippen LogP contribution in [-0.4, -0.2) is 13.0 Å². The molecule has 1 N–H and O–H groups in total. The number of halogens is 1. The van der Waals surface area contributed by atoms with Crippen LogP contribution < -0.4 is 10.1 Å². The lowest BCUT2D eigenvalue weighted by Crippen LogP contribution is -2.15. The molecule has 0 aliphatic heterocycles. The van der Waals surface area contributed by atoms with E-state index in [1.165, 1.54) is 5.56 Å². The first-order chi connectivity index (χ1) is 9.99. The lowest BCUT2D eigenvalue weighted by atomic mass is 10.1. The standard InChI is InChI=1S/C17H18ClNO2/c1-11-4-6-15(12(2)8-11)19-17(20)10-13-9-14(18)5-7-16(13)21-3/h4-9H,10H2,1-3H3,(H,19,20). The lowest BCUT2D eigenvalue weighted by molar-refractivity contribution is -0.115. The van der Waals surface area contributed by atoms with E-state index >= 15 is 0 Å². The zero-order chi connectivity index (χ0) is 15.4. The van der Waals surface area contributed by atoms with Crippen LogP contribution >= 0.6 is 11.6 Å². The van der Waals surface area contributed by atoms with E-state index in [4.69, 9.17) is 16.3 Å². The molecule has 21 heavy (non-hydrogen) atoms. The minimum absolute atomic E-state index is 0.0949. The number of nitrogens with one attached hydrogen (secondary N) is 1. The second kappa shape index (κ2) is 6.64. The Morgan fingerprint density at radius 1 is 1.19 bits per heavy atom. The third-order valence-electron chi connectivity index (χ3n) is 3.25. The molecule has 2 aromatic carbocycles. The van der Waals surface area contributed by atoms with Crippen LogP contribution in [0.15, 0.2) is 36.4 Å². The summed E-state index contributed by atoms with van der Waals surface area (Å²) in [7, 11) is 1.58. The first kappa shape index (κ1) is 15.4. The fraction of sp³-hybridized carbons (Fsp3) is 0.235. The van der Waals surface area contributed by atoms with E-state index in [9.17, 15) is 4.79 Å². The molecule has 3 nitrogen and oxygen atoms in total. The van der Waals surface area contributed by atoms with Crippen LogP contribution in [0.25, 0.3) is 0 Å². The molecule has 0 aliphatic carbocycles. The monoisotopic (exact) mass is 303 g/mol. The third-order valence-corrected chi connectivity index (χ3v) is 3.48. The summed E-state index contributed by atoms with van der Waals surface area (Å²) >= 11 is 5.97. The van der Waals surface area contributed by atoms with Gasteiger partial charge in [0.25, 0.3) is 0 Å². The number of amides is 1. The molecule has 0 saturated heterocycles. The lowest BCUT2D eigenvalue weighted by Gasteiger charge is -2.11. The zero-order valence-corrected chi connectivity index (χ0v) is 13.1. The van der Waals surface area contributed by atoms with Crippen LogP contribution in [0.3, 0.4) is 0 Å². The fourth-order valence-electron chi connectivity index (χ4n) is 2.21. The molecule has 0 aliphatic rings. The number of carbonyl (C=O) groups excluding carboxylic acids is 1. The second-order valence-corrected chi connectivity index (χ2v) is 5.44. The minimum atomic E-state index is -0.0949. The summed E-state index contributed by atoms with van der Waals surface area (Å²) < 4.78 is 5.25. The maximum Gasteiger partial charge on any atom is 0.228 e. The molecule has 2 aromatic rings. The van der Waals surface area contributed by atoms with Gasteiger partial charge in [0.1, 0.15) is 5.75 Å². The molecule has 0 fully saturated rings. The van der Waals surface area contributed by atoms with Gasteiger partial charge in [-0.2, -0.15) is 0 Å². The van der Waals surface area contributed by atoms with E-state index in [2.05, 4.69) is 5.32 Å². The predicted octanol–water partition coefficient (Wildman–Crippen LogP) is 4.15.